The van der Waals surface area contributed by atoms with Crippen molar-refractivity contribution < 1.29 is 19.1 Å². The molecule has 0 aliphatic carbocycles. The minimum atomic E-state index is -0.516. The molecule has 1 aliphatic heterocycles. The van der Waals surface area contributed by atoms with Crippen molar-refractivity contribution in [3.63, 3.8) is 0 Å². The topological polar surface area (TPSA) is 98.6 Å². The van der Waals surface area contributed by atoms with E-state index in [0.717, 1.165) is 16.9 Å². The number of carbonyl (C=O) groups excluding carboxylic acids is 2. The molecule has 0 radical (unpaired) electrons. The van der Waals surface area contributed by atoms with Crippen molar-refractivity contribution in [1.29, 1.82) is 0 Å². The Labute approximate surface area is 204 Å². The first-order valence-electron chi connectivity index (χ1n) is 11.6. The van der Waals surface area contributed by atoms with Crippen LogP contribution in [0.2, 0.25) is 0 Å². The summed E-state index contributed by atoms with van der Waals surface area (Å²) < 4.78 is 12.5. The van der Waals surface area contributed by atoms with E-state index < -0.39 is 12.0 Å². The maximum atomic E-state index is 13.1. The van der Waals surface area contributed by atoms with E-state index in [1.165, 1.54) is 6.33 Å². The first-order valence-corrected chi connectivity index (χ1v) is 11.6. The van der Waals surface area contributed by atoms with E-state index in [2.05, 4.69) is 15.4 Å². The van der Waals surface area contributed by atoms with Crippen LogP contribution < -0.4 is 15.0 Å². The molecule has 1 aromatic heterocycles. The van der Waals surface area contributed by atoms with Crippen molar-refractivity contribution in [2.75, 3.05) is 30.0 Å². The van der Waals surface area contributed by atoms with Crippen molar-refractivity contribution in [1.82, 2.24) is 14.8 Å². The number of esters is 1. The number of rotatable bonds is 8. The molecule has 35 heavy (non-hydrogen) atoms. The predicted octanol–water partition coefficient (Wildman–Crippen LogP) is 3.87. The van der Waals surface area contributed by atoms with E-state index in [9.17, 15) is 9.59 Å². The summed E-state index contributed by atoms with van der Waals surface area (Å²) in [6.45, 7) is 8.23. The molecule has 0 spiro atoms. The summed E-state index contributed by atoms with van der Waals surface area (Å²) in [5.41, 5.74) is 3.64. The minimum absolute atomic E-state index is 0.0543. The fourth-order valence-electron chi connectivity index (χ4n) is 4.09. The van der Waals surface area contributed by atoms with Gasteiger partial charge in [-0.05, 0) is 57.5 Å². The monoisotopic (exact) mass is 475 g/mol. The van der Waals surface area contributed by atoms with Gasteiger partial charge in [-0.15, -0.1) is 0 Å². The lowest BCUT2D eigenvalue weighted by Crippen LogP contribution is -2.40. The number of ether oxygens (including phenoxy) is 2. The third kappa shape index (κ3) is 5.03. The van der Waals surface area contributed by atoms with Gasteiger partial charge in [-0.25, -0.2) is 9.48 Å². The lowest BCUT2D eigenvalue weighted by Gasteiger charge is -2.35. The van der Waals surface area contributed by atoms with Crippen LogP contribution in [0.15, 0.2) is 66.1 Å². The summed E-state index contributed by atoms with van der Waals surface area (Å²) in [4.78, 5) is 32.2. The van der Waals surface area contributed by atoms with Gasteiger partial charge >= 0.3 is 5.97 Å². The van der Waals surface area contributed by atoms with E-state index in [1.54, 1.807) is 47.7 Å². The number of amides is 1. The fraction of sp³-hybridized carbons (Fsp3) is 0.308. The second kappa shape index (κ2) is 10.4. The van der Waals surface area contributed by atoms with E-state index in [0.29, 0.717) is 29.5 Å². The number of hydrogen-bond donors (Lipinski definition) is 1. The molecule has 2 aromatic carbocycles. The number of nitrogens with zero attached hydrogens (tertiary/aromatic N) is 4. The van der Waals surface area contributed by atoms with Crippen LogP contribution in [0.3, 0.4) is 0 Å². The first-order chi connectivity index (χ1) is 16.9. The molecular formula is C26H29N5O4. The molecule has 1 atom stereocenters. The highest BCUT2D eigenvalue weighted by atomic mass is 16.5. The minimum Gasteiger partial charge on any atom is -0.494 e. The number of benzene rings is 2. The maximum Gasteiger partial charge on any atom is 0.338 e. The summed E-state index contributed by atoms with van der Waals surface area (Å²) in [6, 6.07) is 14.5. The average molecular weight is 476 g/mol. The maximum absolute atomic E-state index is 13.1. The van der Waals surface area contributed by atoms with Gasteiger partial charge in [0.05, 0.1) is 18.8 Å². The third-order valence-corrected chi connectivity index (χ3v) is 5.75. The van der Waals surface area contributed by atoms with Crippen LogP contribution in [0, 0.1) is 6.92 Å². The Balaban J connectivity index is 1.66. The highest BCUT2D eigenvalue weighted by molar-refractivity contribution is 5.96. The Morgan fingerprint density at radius 2 is 1.71 bits per heavy atom. The highest BCUT2D eigenvalue weighted by Crippen LogP contribution is 2.38. The number of aryl methyl sites for hydroxylation is 1. The van der Waals surface area contributed by atoms with E-state index in [1.807, 2.05) is 38.1 Å². The molecule has 3 aromatic rings. The second-order valence-electron chi connectivity index (χ2n) is 8.13. The lowest BCUT2D eigenvalue weighted by atomic mass is 9.94. The van der Waals surface area contributed by atoms with Crippen molar-refractivity contribution in [3.05, 3.63) is 77.3 Å². The molecule has 1 unspecified atom stereocenters. The standard InChI is InChI=1S/C26H29N5O4/c1-5-34-21-13-11-20(12-14-21)29-22(32)15-30-18(4)23(25(33)35-6-2)24(31-26(30)27-16-28-31)19-9-7-17(3)8-10-19/h7-14,16,24H,5-6,15H2,1-4H3,(H,29,32). The fourth-order valence-corrected chi connectivity index (χ4v) is 4.09. The second-order valence-corrected chi connectivity index (χ2v) is 8.13. The van der Waals surface area contributed by atoms with Gasteiger partial charge in [-0.3, -0.25) is 4.79 Å². The molecule has 1 amide bonds. The van der Waals surface area contributed by atoms with Crippen LogP contribution in [0.1, 0.15) is 37.9 Å². The van der Waals surface area contributed by atoms with Gasteiger partial charge in [0.25, 0.3) is 0 Å². The summed E-state index contributed by atoms with van der Waals surface area (Å²) in [5.74, 6) is 0.492. The normalized spacial score (nSPS) is 15.0. The Bertz CT molecular complexity index is 1230. The third-order valence-electron chi connectivity index (χ3n) is 5.75. The molecule has 182 valence electrons. The van der Waals surface area contributed by atoms with Gasteiger partial charge in [-0.1, -0.05) is 29.8 Å². The molecule has 4 rings (SSSR count). The Hall–Kier alpha value is -4.14. The zero-order valence-corrected chi connectivity index (χ0v) is 20.3. The Morgan fingerprint density at radius 1 is 1.00 bits per heavy atom. The SMILES string of the molecule is CCOC(=O)C1=C(C)N(CC(=O)Nc2ccc(OCC)cc2)c2ncnn2C1c1ccc(C)cc1. The van der Waals surface area contributed by atoms with Crippen molar-refractivity contribution in [2.24, 2.45) is 0 Å². The van der Waals surface area contributed by atoms with Crippen LogP contribution in [0.25, 0.3) is 0 Å². The summed E-state index contributed by atoms with van der Waals surface area (Å²) in [6.07, 6.45) is 1.43. The van der Waals surface area contributed by atoms with E-state index >= 15 is 0 Å². The molecule has 2 heterocycles. The van der Waals surface area contributed by atoms with Gasteiger partial charge in [-0.2, -0.15) is 10.1 Å². The molecule has 0 fully saturated rings. The molecule has 0 saturated heterocycles. The number of aromatic nitrogens is 3. The van der Waals surface area contributed by atoms with Gasteiger partial charge in [0.2, 0.25) is 11.9 Å². The van der Waals surface area contributed by atoms with Crippen LogP contribution in [0.5, 0.6) is 5.75 Å². The molecule has 0 saturated carbocycles. The number of fused-ring (bicyclic) bond motifs is 1. The van der Waals surface area contributed by atoms with Gasteiger partial charge in [0.15, 0.2) is 0 Å². The van der Waals surface area contributed by atoms with Crippen LogP contribution in [0.4, 0.5) is 11.6 Å². The molecule has 1 aliphatic rings. The Kier molecular flexibility index (Phi) is 7.14. The van der Waals surface area contributed by atoms with E-state index in [-0.39, 0.29) is 19.1 Å². The molecular weight excluding hydrogens is 446 g/mol. The molecule has 1 N–H and O–H groups in total. The number of allylic oxidation sites excluding steroid dienone is 1. The first kappa shape index (κ1) is 24.0. The highest BCUT2D eigenvalue weighted by Gasteiger charge is 2.38. The largest absolute Gasteiger partial charge is 0.494 e. The summed E-state index contributed by atoms with van der Waals surface area (Å²) in [5, 5.41) is 7.30. The zero-order valence-electron chi connectivity index (χ0n) is 20.3. The van der Waals surface area contributed by atoms with Gasteiger partial charge in [0, 0.05) is 11.4 Å². The number of nitrogens with one attached hydrogen (secondary N) is 1. The van der Waals surface area contributed by atoms with Crippen molar-refractivity contribution >= 4 is 23.5 Å². The Morgan fingerprint density at radius 3 is 2.37 bits per heavy atom. The van der Waals surface area contributed by atoms with Crippen molar-refractivity contribution in [3.8, 4) is 5.75 Å². The van der Waals surface area contributed by atoms with Crippen LogP contribution in [-0.4, -0.2) is 46.4 Å². The number of hydrogen-bond acceptors (Lipinski definition) is 7. The smallest absolute Gasteiger partial charge is 0.338 e. The lowest BCUT2D eigenvalue weighted by molar-refractivity contribution is -0.139. The van der Waals surface area contributed by atoms with Gasteiger partial charge in [0.1, 0.15) is 24.7 Å². The summed E-state index contributed by atoms with van der Waals surface area (Å²) in [7, 11) is 0. The molecule has 9 nitrogen and oxygen atoms in total. The van der Waals surface area contributed by atoms with Crippen LogP contribution in [-0.2, 0) is 14.3 Å². The van der Waals surface area contributed by atoms with E-state index in [4.69, 9.17) is 9.47 Å². The number of carbonyl (C=O) groups is 2. The zero-order chi connectivity index (χ0) is 24.9. The average Bonchev–Trinajstić information content (AvgIpc) is 3.32. The molecule has 9 heteroatoms. The van der Waals surface area contributed by atoms with Crippen molar-refractivity contribution in [2.45, 2.75) is 33.7 Å². The van der Waals surface area contributed by atoms with Gasteiger partial charge < -0.3 is 19.7 Å². The van der Waals surface area contributed by atoms with Crippen LogP contribution >= 0.6 is 0 Å². The predicted molar refractivity (Wildman–Crippen MR) is 132 cm³/mol. The summed E-state index contributed by atoms with van der Waals surface area (Å²) >= 11 is 0. The quantitative estimate of drug-likeness (QED) is 0.494. The molecule has 0 bridgehead atoms. The number of anilines is 2.